The Morgan fingerprint density at radius 1 is 1.21 bits per heavy atom. The van der Waals surface area contributed by atoms with Crippen molar-refractivity contribution in [1.82, 2.24) is 10.3 Å². The lowest BCUT2D eigenvalue weighted by Crippen LogP contribution is -2.66. The predicted octanol–water partition coefficient (Wildman–Crippen LogP) is 4.49. The minimum Gasteiger partial charge on any atom is -0.446 e. The molecule has 0 bridgehead atoms. The van der Waals surface area contributed by atoms with Crippen molar-refractivity contribution in [3.05, 3.63) is 46.9 Å². The molecule has 152 valence electrons. The highest BCUT2D eigenvalue weighted by molar-refractivity contribution is 6.31. The number of fused-ring (bicyclic) bond motifs is 1. The molecular weight excluding hydrogens is 411 g/mol. The molecule has 2 aliphatic rings. The zero-order chi connectivity index (χ0) is 20.4. The summed E-state index contributed by atoms with van der Waals surface area (Å²) in [7, 11) is 0. The fourth-order valence-electron chi connectivity index (χ4n) is 4.13. The number of carbonyl (C=O) groups excluding carboxylic acids is 1. The quantitative estimate of drug-likeness (QED) is 0.669. The zero-order valence-electron chi connectivity index (χ0n) is 14.9. The maximum Gasteiger partial charge on any atom is 0.449 e. The number of anilines is 1. The van der Waals surface area contributed by atoms with Crippen LogP contribution in [0.1, 0.15) is 29.2 Å². The number of nitrogens with zero attached hydrogens (tertiary/aromatic N) is 2. The van der Waals surface area contributed by atoms with Crippen molar-refractivity contribution >= 4 is 34.6 Å². The van der Waals surface area contributed by atoms with Crippen LogP contribution in [0.15, 0.2) is 39.2 Å². The molecule has 2 fully saturated rings. The second-order valence-electron chi connectivity index (χ2n) is 7.70. The van der Waals surface area contributed by atoms with E-state index in [1.807, 2.05) is 4.90 Å². The lowest BCUT2D eigenvalue weighted by atomic mass is 9.61. The molecule has 0 atom stereocenters. The van der Waals surface area contributed by atoms with Crippen LogP contribution in [0.25, 0.3) is 11.1 Å². The highest BCUT2D eigenvalue weighted by atomic mass is 35.5. The molecule has 29 heavy (non-hydrogen) atoms. The molecule has 1 amide bonds. The molecule has 1 aliphatic carbocycles. The molecule has 1 N–H and O–H groups in total. The monoisotopic (exact) mass is 425 g/mol. The standard InChI is InChI=1S/C19H15ClF3N3O3/c20-10-1-2-12-14(5-10)29-17(25-12)26-8-18(9-26)6-11(7-18)24-16(27)13-3-4-15(28-13)19(21,22)23/h1-5,11H,6-9H2,(H,24,27). The number of nitrogens with one attached hydrogen (secondary N) is 1. The van der Waals surface area contributed by atoms with E-state index in [2.05, 4.69) is 14.7 Å². The van der Waals surface area contributed by atoms with Crippen LogP contribution in [0.4, 0.5) is 19.2 Å². The van der Waals surface area contributed by atoms with Gasteiger partial charge in [-0.2, -0.15) is 18.2 Å². The number of rotatable bonds is 3. The first kappa shape index (κ1) is 18.4. The Balaban J connectivity index is 1.15. The summed E-state index contributed by atoms with van der Waals surface area (Å²) in [4.78, 5) is 18.6. The van der Waals surface area contributed by atoms with E-state index >= 15 is 0 Å². The number of amides is 1. The van der Waals surface area contributed by atoms with Gasteiger partial charge in [0.1, 0.15) is 5.52 Å². The molecule has 1 aliphatic heterocycles. The second kappa shape index (κ2) is 6.16. The molecule has 6 nitrogen and oxygen atoms in total. The largest absolute Gasteiger partial charge is 0.449 e. The normalized spacial score (nSPS) is 18.7. The van der Waals surface area contributed by atoms with Crippen LogP contribution in [-0.2, 0) is 6.18 Å². The summed E-state index contributed by atoms with van der Waals surface area (Å²) in [6.45, 7) is 1.50. The lowest BCUT2D eigenvalue weighted by Gasteiger charge is -2.58. The maximum absolute atomic E-state index is 12.6. The average molecular weight is 426 g/mol. The zero-order valence-corrected chi connectivity index (χ0v) is 15.7. The predicted molar refractivity (Wildman–Crippen MR) is 97.9 cm³/mol. The van der Waals surface area contributed by atoms with Gasteiger partial charge in [0, 0.05) is 35.6 Å². The molecule has 2 aromatic heterocycles. The first-order valence-corrected chi connectivity index (χ1v) is 9.38. The topological polar surface area (TPSA) is 71.5 Å². The third kappa shape index (κ3) is 3.23. The molecule has 1 spiro atoms. The van der Waals surface area contributed by atoms with Gasteiger partial charge in [-0.1, -0.05) is 11.6 Å². The van der Waals surface area contributed by atoms with Gasteiger partial charge in [0.25, 0.3) is 11.9 Å². The van der Waals surface area contributed by atoms with Crippen molar-refractivity contribution < 1.29 is 26.8 Å². The van der Waals surface area contributed by atoms with E-state index in [-0.39, 0.29) is 17.2 Å². The number of halogens is 4. The molecule has 3 heterocycles. The van der Waals surface area contributed by atoms with Crippen molar-refractivity contribution in [2.75, 3.05) is 18.0 Å². The van der Waals surface area contributed by atoms with Gasteiger partial charge in [0.05, 0.1) is 0 Å². The van der Waals surface area contributed by atoms with Crippen LogP contribution in [0.5, 0.6) is 0 Å². The summed E-state index contributed by atoms with van der Waals surface area (Å²) >= 11 is 5.96. The Kier molecular flexibility index (Phi) is 3.90. The second-order valence-corrected chi connectivity index (χ2v) is 8.14. The number of alkyl halides is 3. The van der Waals surface area contributed by atoms with Gasteiger partial charge < -0.3 is 19.1 Å². The number of hydrogen-bond donors (Lipinski definition) is 1. The van der Waals surface area contributed by atoms with Crippen molar-refractivity contribution in [2.24, 2.45) is 5.41 Å². The highest BCUT2D eigenvalue weighted by Crippen LogP contribution is 2.49. The minimum absolute atomic E-state index is 0.0660. The Hall–Kier alpha value is -2.68. The minimum atomic E-state index is -4.61. The molecule has 1 aromatic carbocycles. The van der Waals surface area contributed by atoms with Crippen LogP contribution in [0.2, 0.25) is 5.02 Å². The van der Waals surface area contributed by atoms with E-state index in [4.69, 9.17) is 16.0 Å². The Morgan fingerprint density at radius 2 is 1.97 bits per heavy atom. The van der Waals surface area contributed by atoms with Gasteiger partial charge in [0.15, 0.2) is 11.3 Å². The average Bonchev–Trinajstić information content (AvgIpc) is 3.21. The van der Waals surface area contributed by atoms with Gasteiger partial charge in [-0.25, -0.2) is 0 Å². The van der Waals surface area contributed by atoms with E-state index in [1.165, 1.54) is 0 Å². The fourth-order valence-corrected chi connectivity index (χ4v) is 4.30. The summed E-state index contributed by atoms with van der Waals surface area (Å²) in [6, 6.07) is 7.52. The van der Waals surface area contributed by atoms with Crippen LogP contribution >= 0.6 is 11.6 Å². The Morgan fingerprint density at radius 3 is 2.66 bits per heavy atom. The van der Waals surface area contributed by atoms with E-state index in [0.29, 0.717) is 16.6 Å². The smallest absolute Gasteiger partial charge is 0.446 e. The summed E-state index contributed by atoms with van der Waals surface area (Å²) < 4.78 is 48.1. The highest BCUT2D eigenvalue weighted by Gasteiger charge is 2.54. The SMILES string of the molecule is O=C(NC1CC2(C1)CN(c1nc3ccc(Cl)cc3o1)C2)c1ccc(C(F)(F)F)o1. The van der Waals surface area contributed by atoms with E-state index in [0.717, 1.165) is 43.6 Å². The van der Waals surface area contributed by atoms with Gasteiger partial charge in [0.2, 0.25) is 5.76 Å². The number of furan rings is 1. The third-order valence-corrected chi connectivity index (χ3v) is 5.70. The van der Waals surface area contributed by atoms with Crippen LogP contribution < -0.4 is 10.2 Å². The molecule has 3 aromatic rings. The third-order valence-electron chi connectivity index (χ3n) is 5.47. The maximum atomic E-state index is 12.6. The lowest BCUT2D eigenvalue weighted by molar-refractivity contribution is -0.153. The first-order chi connectivity index (χ1) is 13.7. The molecule has 1 saturated heterocycles. The van der Waals surface area contributed by atoms with Crippen LogP contribution in [-0.4, -0.2) is 30.0 Å². The molecule has 1 saturated carbocycles. The van der Waals surface area contributed by atoms with Crippen molar-refractivity contribution in [1.29, 1.82) is 0 Å². The van der Waals surface area contributed by atoms with Gasteiger partial charge in [-0.05, 0) is 37.1 Å². The van der Waals surface area contributed by atoms with Crippen molar-refractivity contribution in [3.63, 3.8) is 0 Å². The number of aromatic nitrogens is 1. The number of hydrogen-bond acceptors (Lipinski definition) is 5. The van der Waals surface area contributed by atoms with Crippen molar-refractivity contribution in [2.45, 2.75) is 25.1 Å². The first-order valence-electron chi connectivity index (χ1n) is 9.00. The molecular formula is C19H15ClF3N3O3. The van der Waals surface area contributed by atoms with Gasteiger partial charge in [-0.15, -0.1) is 0 Å². The van der Waals surface area contributed by atoms with Crippen LogP contribution in [0, 0.1) is 5.41 Å². The van der Waals surface area contributed by atoms with Crippen molar-refractivity contribution in [3.8, 4) is 0 Å². The molecule has 5 rings (SSSR count). The number of benzene rings is 1. The molecule has 0 radical (unpaired) electrons. The van der Waals surface area contributed by atoms with Gasteiger partial charge in [-0.3, -0.25) is 4.79 Å². The molecule has 10 heteroatoms. The van der Waals surface area contributed by atoms with E-state index in [1.54, 1.807) is 18.2 Å². The number of carbonyl (C=O) groups is 1. The summed E-state index contributed by atoms with van der Waals surface area (Å²) in [6.07, 6.45) is -3.12. The Bertz CT molecular complexity index is 1090. The Labute approximate surface area is 167 Å². The summed E-state index contributed by atoms with van der Waals surface area (Å²) in [5.41, 5.74) is 1.43. The molecule has 0 unspecified atom stereocenters. The van der Waals surface area contributed by atoms with Crippen LogP contribution in [0.3, 0.4) is 0 Å². The van der Waals surface area contributed by atoms with E-state index < -0.39 is 17.8 Å². The van der Waals surface area contributed by atoms with Gasteiger partial charge >= 0.3 is 6.18 Å². The fraction of sp³-hybridized carbons (Fsp3) is 0.368. The summed E-state index contributed by atoms with van der Waals surface area (Å²) in [5, 5.41) is 3.31. The van der Waals surface area contributed by atoms with E-state index in [9.17, 15) is 18.0 Å². The summed E-state index contributed by atoms with van der Waals surface area (Å²) in [5.74, 6) is -2.15. The number of oxazole rings is 1.